The van der Waals surface area contributed by atoms with Crippen molar-refractivity contribution in [2.75, 3.05) is 6.61 Å². The van der Waals surface area contributed by atoms with Crippen LogP contribution in [0.2, 0.25) is 0 Å². The van der Waals surface area contributed by atoms with Crippen LogP contribution in [-0.4, -0.2) is 22.7 Å². The molecule has 0 aliphatic carbocycles. The molecule has 0 N–H and O–H groups in total. The molecule has 4 nitrogen and oxygen atoms in total. The van der Waals surface area contributed by atoms with Crippen molar-refractivity contribution in [2.24, 2.45) is 0 Å². The van der Waals surface area contributed by atoms with Crippen LogP contribution in [-0.2, 0) is 9.53 Å². The number of fused-ring (bicyclic) bond motifs is 1. The normalized spacial score (nSPS) is 10.3. The van der Waals surface area contributed by atoms with E-state index in [1.807, 2.05) is 0 Å². The van der Waals surface area contributed by atoms with Gasteiger partial charge in [-0.25, -0.2) is 4.79 Å². The zero-order chi connectivity index (χ0) is 11.5. The molecule has 1 aromatic carbocycles. The Labute approximate surface area is 96.0 Å². The summed E-state index contributed by atoms with van der Waals surface area (Å²) in [6.45, 7) is 1.87. The largest absolute Gasteiger partial charge is 0.460 e. The Morgan fingerprint density at radius 3 is 3.00 bits per heavy atom. The molecule has 0 amide bonds. The van der Waals surface area contributed by atoms with Crippen molar-refractivity contribution in [3.05, 3.63) is 30.0 Å². The van der Waals surface area contributed by atoms with Crippen molar-refractivity contribution in [1.82, 2.24) is 4.37 Å². The molecule has 0 bridgehead atoms. The number of Topliss-reactive ketones (excluding diaryl/α,β-unsaturated/α-hetero) is 1. The summed E-state index contributed by atoms with van der Waals surface area (Å²) in [7, 11) is 0. The van der Waals surface area contributed by atoms with Gasteiger partial charge in [0.2, 0.25) is 0 Å². The molecule has 1 aromatic heterocycles. The Morgan fingerprint density at radius 2 is 2.25 bits per heavy atom. The van der Waals surface area contributed by atoms with E-state index in [2.05, 4.69) is 9.11 Å². The number of ether oxygens (including phenoxy) is 1. The summed E-state index contributed by atoms with van der Waals surface area (Å²) in [5.74, 6) is -1.43. The third kappa shape index (κ3) is 1.94. The minimum atomic E-state index is -0.815. The molecule has 82 valence electrons. The van der Waals surface area contributed by atoms with Crippen LogP contribution in [0, 0.1) is 0 Å². The van der Waals surface area contributed by atoms with Gasteiger partial charge in [0.05, 0.1) is 11.3 Å². The van der Waals surface area contributed by atoms with E-state index in [0.717, 1.165) is 10.1 Å². The number of benzene rings is 1. The first-order chi connectivity index (χ1) is 7.72. The van der Waals surface area contributed by atoms with E-state index >= 15 is 0 Å². The molecule has 1 heterocycles. The average Bonchev–Trinajstić information content (AvgIpc) is 2.75. The van der Waals surface area contributed by atoms with Crippen molar-refractivity contribution in [3.63, 3.8) is 0 Å². The van der Waals surface area contributed by atoms with Crippen LogP contribution in [0.1, 0.15) is 17.3 Å². The number of nitrogens with zero attached hydrogens (tertiary/aromatic N) is 1. The van der Waals surface area contributed by atoms with Crippen LogP contribution >= 0.6 is 11.5 Å². The second-order valence-corrected chi connectivity index (χ2v) is 3.96. The van der Waals surface area contributed by atoms with Gasteiger partial charge < -0.3 is 4.74 Å². The smallest absolute Gasteiger partial charge is 0.379 e. The van der Waals surface area contributed by atoms with E-state index in [9.17, 15) is 9.59 Å². The second kappa shape index (κ2) is 4.40. The Kier molecular flexibility index (Phi) is 2.96. The topological polar surface area (TPSA) is 56.3 Å². The first-order valence-corrected chi connectivity index (χ1v) is 5.55. The quantitative estimate of drug-likeness (QED) is 0.464. The van der Waals surface area contributed by atoms with Gasteiger partial charge in [0, 0.05) is 17.1 Å². The number of aromatic nitrogens is 1. The second-order valence-electron chi connectivity index (χ2n) is 3.13. The number of carbonyl (C=O) groups excluding carboxylic acids is 2. The van der Waals surface area contributed by atoms with Crippen molar-refractivity contribution in [2.45, 2.75) is 6.92 Å². The van der Waals surface area contributed by atoms with Crippen molar-refractivity contribution < 1.29 is 14.3 Å². The highest BCUT2D eigenvalue weighted by Gasteiger charge is 2.17. The number of ketones is 1. The van der Waals surface area contributed by atoms with E-state index in [-0.39, 0.29) is 6.61 Å². The first kappa shape index (κ1) is 10.8. The van der Waals surface area contributed by atoms with Crippen LogP contribution in [0.4, 0.5) is 0 Å². The summed E-state index contributed by atoms with van der Waals surface area (Å²) in [5, 5.41) is 0.861. The van der Waals surface area contributed by atoms with Crippen LogP contribution < -0.4 is 0 Å². The summed E-state index contributed by atoms with van der Waals surface area (Å²) in [6.07, 6.45) is 1.67. The lowest BCUT2D eigenvalue weighted by atomic mass is 10.1. The number of carbonyl (C=O) groups is 2. The number of rotatable bonds is 3. The maximum absolute atomic E-state index is 11.6. The van der Waals surface area contributed by atoms with Crippen LogP contribution in [0.15, 0.2) is 24.4 Å². The van der Waals surface area contributed by atoms with Crippen LogP contribution in [0.25, 0.3) is 10.1 Å². The highest BCUT2D eigenvalue weighted by atomic mass is 32.1. The molecule has 0 atom stereocenters. The summed E-state index contributed by atoms with van der Waals surface area (Å²) < 4.78 is 9.63. The maximum atomic E-state index is 11.6. The van der Waals surface area contributed by atoms with Gasteiger partial charge in [-0.05, 0) is 36.7 Å². The molecule has 0 saturated carbocycles. The van der Waals surface area contributed by atoms with Gasteiger partial charge in [0.1, 0.15) is 0 Å². The fourth-order valence-corrected chi connectivity index (χ4v) is 1.95. The Morgan fingerprint density at radius 1 is 1.44 bits per heavy atom. The predicted octanol–water partition coefficient (Wildman–Crippen LogP) is 2.04. The van der Waals surface area contributed by atoms with Gasteiger partial charge in [0.15, 0.2) is 0 Å². The number of hydrogen-bond donors (Lipinski definition) is 0. The fraction of sp³-hybridized carbons (Fsp3) is 0.182. The molecule has 0 fully saturated rings. The van der Waals surface area contributed by atoms with Gasteiger partial charge in [-0.15, -0.1) is 0 Å². The van der Waals surface area contributed by atoms with Crippen LogP contribution in [0.3, 0.4) is 0 Å². The van der Waals surface area contributed by atoms with E-state index < -0.39 is 11.8 Å². The molecule has 16 heavy (non-hydrogen) atoms. The fourth-order valence-electron chi connectivity index (χ4n) is 1.33. The van der Waals surface area contributed by atoms with Gasteiger partial charge in [0.25, 0.3) is 5.78 Å². The first-order valence-electron chi connectivity index (χ1n) is 4.78. The Hall–Kier alpha value is -1.75. The van der Waals surface area contributed by atoms with E-state index in [1.54, 1.807) is 31.3 Å². The van der Waals surface area contributed by atoms with Crippen molar-refractivity contribution in [3.8, 4) is 0 Å². The Bertz CT molecular complexity index is 547. The molecule has 0 saturated heterocycles. The summed E-state index contributed by atoms with van der Waals surface area (Å²) in [6, 6.07) is 5.04. The van der Waals surface area contributed by atoms with E-state index in [1.165, 1.54) is 11.5 Å². The monoisotopic (exact) mass is 235 g/mol. The maximum Gasteiger partial charge on any atom is 0.379 e. The summed E-state index contributed by atoms with van der Waals surface area (Å²) in [4.78, 5) is 22.8. The van der Waals surface area contributed by atoms with Gasteiger partial charge in [-0.3, -0.25) is 4.79 Å². The molecule has 5 heteroatoms. The highest BCUT2D eigenvalue weighted by molar-refractivity contribution is 7.13. The molecule has 0 spiro atoms. The molecule has 0 aliphatic heterocycles. The highest BCUT2D eigenvalue weighted by Crippen LogP contribution is 2.19. The lowest BCUT2D eigenvalue weighted by Gasteiger charge is -2.00. The van der Waals surface area contributed by atoms with Crippen molar-refractivity contribution >= 4 is 33.4 Å². The van der Waals surface area contributed by atoms with E-state index in [0.29, 0.717) is 5.56 Å². The molecule has 0 aliphatic rings. The number of hydrogen-bond acceptors (Lipinski definition) is 5. The molecule has 0 radical (unpaired) electrons. The molecule has 2 aromatic rings. The Balaban J connectivity index is 2.32. The summed E-state index contributed by atoms with van der Waals surface area (Å²) >= 11 is 1.35. The molecule has 0 unspecified atom stereocenters. The third-order valence-corrected chi connectivity index (χ3v) is 2.85. The van der Waals surface area contributed by atoms with E-state index in [4.69, 9.17) is 0 Å². The minimum absolute atomic E-state index is 0.201. The number of esters is 1. The minimum Gasteiger partial charge on any atom is -0.460 e. The lowest BCUT2D eigenvalue weighted by Crippen LogP contribution is -2.17. The summed E-state index contributed by atoms with van der Waals surface area (Å²) in [5.41, 5.74) is 0.339. The molecular formula is C11H9NO3S. The average molecular weight is 235 g/mol. The predicted molar refractivity (Wildman–Crippen MR) is 60.6 cm³/mol. The van der Waals surface area contributed by atoms with Gasteiger partial charge in [-0.2, -0.15) is 4.37 Å². The van der Waals surface area contributed by atoms with Gasteiger partial charge in [-0.1, -0.05) is 0 Å². The lowest BCUT2D eigenvalue weighted by molar-refractivity contribution is -0.137. The zero-order valence-electron chi connectivity index (χ0n) is 8.60. The standard InChI is InChI=1S/C11H9NO3S/c1-2-15-11(14)10(13)7-3-4-9-8(5-7)6-12-16-9/h3-6H,2H2,1H3. The zero-order valence-corrected chi connectivity index (χ0v) is 9.41. The third-order valence-electron chi connectivity index (χ3n) is 2.08. The molecular weight excluding hydrogens is 226 g/mol. The van der Waals surface area contributed by atoms with Gasteiger partial charge >= 0.3 is 5.97 Å². The SMILES string of the molecule is CCOC(=O)C(=O)c1ccc2sncc2c1. The molecule has 2 rings (SSSR count). The van der Waals surface area contributed by atoms with Crippen LogP contribution in [0.5, 0.6) is 0 Å². The van der Waals surface area contributed by atoms with Crippen molar-refractivity contribution in [1.29, 1.82) is 0 Å².